The number of cyclic esters (lactones) is 2. The van der Waals surface area contributed by atoms with Gasteiger partial charge in [0.15, 0.2) is 6.10 Å². The number of hydrogen-bond donors (Lipinski definition) is 2. The van der Waals surface area contributed by atoms with Crippen LogP contribution in [0.15, 0.2) is 66.8 Å². The van der Waals surface area contributed by atoms with E-state index < -0.39 is 47.4 Å². The highest BCUT2D eigenvalue weighted by Crippen LogP contribution is 2.26. The number of nitrogens with one attached hydrogen (secondary N) is 2. The number of amides is 2. The molecule has 248 valence electrons. The van der Waals surface area contributed by atoms with Crippen LogP contribution in [0.1, 0.15) is 58.6 Å². The lowest BCUT2D eigenvalue weighted by Crippen LogP contribution is -2.51. The number of ether oxygens (including phenoxy) is 3. The van der Waals surface area contributed by atoms with Gasteiger partial charge in [-0.25, -0.2) is 4.79 Å². The standard InChI is InChI=1S/C36H45ClN2O7/c1-23(2)19-31-34(42)45-29(24(3)15-16-25-11-8-7-9-12-25)13-10-14-32(40)39-28(21-26-17-18-30(44-6)27(37)20-26)33(41)38-22-36(4,5)35(43)46-31/h7-12,14-18,20,23-24,28-29,31H,13,19,21-22H2,1-6H3,(H,38,41)(H,39,40)/b14-10+,16-15+/t24-,28-,29+,31+/m1/s1. The Kier molecular flexibility index (Phi) is 13.4. The zero-order valence-electron chi connectivity index (χ0n) is 27.4. The van der Waals surface area contributed by atoms with Gasteiger partial charge in [-0.2, -0.15) is 0 Å². The molecule has 0 fully saturated rings. The second-order valence-electron chi connectivity index (χ2n) is 12.6. The highest BCUT2D eigenvalue weighted by Gasteiger charge is 2.37. The predicted octanol–water partition coefficient (Wildman–Crippen LogP) is 5.70. The first-order valence-corrected chi connectivity index (χ1v) is 15.9. The van der Waals surface area contributed by atoms with Gasteiger partial charge < -0.3 is 24.8 Å². The summed E-state index contributed by atoms with van der Waals surface area (Å²) in [5.41, 5.74) is 0.497. The van der Waals surface area contributed by atoms with Gasteiger partial charge in [-0.15, -0.1) is 0 Å². The summed E-state index contributed by atoms with van der Waals surface area (Å²) in [5, 5.41) is 5.90. The minimum Gasteiger partial charge on any atom is -0.495 e. The topological polar surface area (TPSA) is 120 Å². The van der Waals surface area contributed by atoms with E-state index in [-0.39, 0.29) is 37.6 Å². The number of halogens is 1. The van der Waals surface area contributed by atoms with Crippen LogP contribution >= 0.6 is 11.6 Å². The summed E-state index contributed by atoms with van der Waals surface area (Å²) in [6.07, 6.45) is 5.63. The fourth-order valence-electron chi connectivity index (χ4n) is 4.77. The molecule has 0 bridgehead atoms. The van der Waals surface area contributed by atoms with Crippen LogP contribution in [0.25, 0.3) is 6.08 Å². The average molecular weight is 653 g/mol. The van der Waals surface area contributed by atoms with Gasteiger partial charge in [0.05, 0.1) is 17.5 Å². The monoisotopic (exact) mass is 652 g/mol. The van der Waals surface area contributed by atoms with Crippen LogP contribution in [-0.4, -0.2) is 55.7 Å². The van der Waals surface area contributed by atoms with E-state index in [1.165, 1.54) is 13.2 Å². The molecule has 2 aromatic rings. The van der Waals surface area contributed by atoms with Crippen LogP contribution in [0.3, 0.4) is 0 Å². The molecule has 1 heterocycles. The van der Waals surface area contributed by atoms with Gasteiger partial charge in [0.1, 0.15) is 17.9 Å². The van der Waals surface area contributed by atoms with Gasteiger partial charge >= 0.3 is 11.9 Å². The number of carbonyl (C=O) groups is 4. The molecule has 0 unspecified atom stereocenters. The summed E-state index contributed by atoms with van der Waals surface area (Å²) in [6.45, 7) is 8.90. The zero-order valence-corrected chi connectivity index (χ0v) is 28.1. The normalized spacial score (nSPS) is 22.8. The summed E-state index contributed by atoms with van der Waals surface area (Å²) in [4.78, 5) is 53.3. The van der Waals surface area contributed by atoms with Crippen LogP contribution in [-0.2, 0) is 35.1 Å². The van der Waals surface area contributed by atoms with Crippen molar-refractivity contribution in [3.63, 3.8) is 0 Å². The van der Waals surface area contributed by atoms with Crippen molar-refractivity contribution in [3.05, 3.63) is 82.9 Å². The second kappa shape index (κ2) is 17.0. The van der Waals surface area contributed by atoms with E-state index in [0.29, 0.717) is 16.3 Å². The van der Waals surface area contributed by atoms with Crippen molar-refractivity contribution in [1.29, 1.82) is 0 Å². The number of rotatable bonds is 8. The van der Waals surface area contributed by atoms with Crippen LogP contribution in [0.5, 0.6) is 5.75 Å². The lowest BCUT2D eigenvalue weighted by Gasteiger charge is -2.29. The van der Waals surface area contributed by atoms with E-state index in [1.54, 1.807) is 38.1 Å². The van der Waals surface area contributed by atoms with Gasteiger partial charge in [-0.1, -0.05) is 87.0 Å². The summed E-state index contributed by atoms with van der Waals surface area (Å²) in [5.74, 6) is -2.03. The molecule has 0 radical (unpaired) electrons. The van der Waals surface area contributed by atoms with E-state index in [2.05, 4.69) is 10.6 Å². The van der Waals surface area contributed by atoms with Crippen molar-refractivity contribution in [2.24, 2.45) is 17.3 Å². The quantitative estimate of drug-likeness (QED) is 0.351. The molecule has 0 saturated carbocycles. The zero-order chi connectivity index (χ0) is 33.9. The molecular weight excluding hydrogens is 608 g/mol. The van der Waals surface area contributed by atoms with Crippen molar-refractivity contribution >= 4 is 41.4 Å². The molecule has 9 nitrogen and oxygen atoms in total. The van der Waals surface area contributed by atoms with Crippen molar-refractivity contribution in [3.8, 4) is 5.75 Å². The van der Waals surface area contributed by atoms with Gasteiger partial charge in [0.2, 0.25) is 11.8 Å². The highest BCUT2D eigenvalue weighted by atomic mass is 35.5. The molecule has 10 heteroatoms. The van der Waals surface area contributed by atoms with Crippen molar-refractivity contribution in [2.45, 2.75) is 72.1 Å². The molecule has 2 amide bonds. The summed E-state index contributed by atoms with van der Waals surface area (Å²) >= 11 is 6.31. The first-order chi connectivity index (χ1) is 21.8. The van der Waals surface area contributed by atoms with Crippen LogP contribution in [0.2, 0.25) is 5.02 Å². The summed E-state index contributed by atoms with van der Waals surface area (Å²) in [7, 11) is 1.51. The molecule has 0 saturated heterocycles. The Morgan fingerprint density at radius 3 is 2.41 bits per heavy atom. The van der Waals surface area contributed by atoms with Gasteiger partial charge in [-0.3, -0.25) is 14.4 Å². The third kappa shape index (κ3) is 11.1. The summed E-state index contributed by atoms with van der Waals surface area (Å²) < 4.78 is 17.0. The lowest BCUT2D eigenvalue weighted by atomic mass is 9.93. The largest absolute Gasteiger partial charge is 0.495 e. The van der Waals surface area contributed by atoms with E-state index in [4.69, 9.17) is 25.8 Å². The Morgan fingerprint density at radius 2 is 1.76 bits per heavy atom. The summed E-state index contributed by atoms with van der Waals surface area (Å²) in [6, 6.07) is 13.9. The van der Waals surface area contributed by atoms with E-state index in [0.717, 1.165) is 5.56 Å². The molecular formula is C36H45ClN2O7. The first kappa shape index (κ1) is 36.4. The molecule has 2 N–H and O–H groups in total. The van der Waals surface area contributed by atoms with Crippen LogP contribution < -0.4 is 15.4 Å². The molecule has 0 spiro atoms. The minimum atomic E-state index is -1.19. The molecule has 4 atom stereocenters. The number of hydrogen-bond acceptors (Lipinski definition) is 7. The van der Waals surface area contributed by atoms with E-state index in [1.807, 2.05) is 63.3 Å². The van der Waals surface area contributed by atoms with Crippen molar-refractivity contribution in [1.82, 2.24) is 10.6 Å². The maximum Gasteiger partial charge on any atom is 0.347 e. The molecule has 3 rings (SSSR count). The fourth-order valence-corrected chi connectivity index (χ4v) is 5.05. The maximum atomic E-state index is 13.5. The van der Waals surface area contributed by atoms with E-state index >= 15 is 0 Å². The number of carbonyl (C=O) groups excluding carboxylic acids is 4. The van der Waals surface area contributed by atoms with E-state index in [9.17, 15) is 19.2 Å². The Bertz CT molecular complexity index is 1420. The van der Waals surface area contributed by atoms with Crippen LogP contribution in [0.4, 0.5) is 0 Å². The SMILES string of the molecule is COc1ccc(C[C@H]2NC(=O)/C=C/C[C@@H]([C@H](C)/C=C/c3ccccc3)OC(=O)[C@H](CC(C)C)OC(=O)C(C)(C)CNC2=O)cc1Cl. The predicted molar refractivity (Wildman–Crippen MR) is 178 cm³/mol. The molecule has 1 aliphatic heterocycles. The number of benzene rings is 2. The number of esters is 2. The molecule has 1 aliphatic rings. The Hall–Kier alpha value is -4.11. The molecule has 0 aliphatic carbocycles. The minimum absolute atomic E-state index is 0.0309. The lowest BCUT2D eigenvalue weighted by molar-refractivity contribution is -0.178. The molecule has 0 aromatic heterocycles. The second-order valence-corrected chi connectivity index (χ2v) is 13.0. The third-order valence-electron chi connectivity index (χ3n) is 7.63. The first-order valence-electron chi connectivity index (χ1n) is 15.5. The Morgan fingerprint density at radius 1 is 1.04 bits per heavy atom. The van der Waals surface area contributed by atoms with Gasteiger partial charge in [-0.05, 0) is 55.5 Å². The average Bonchev–Trinajstić information content (AvgIpc) is 3.01. The molecule has 2 aromatic carbocycles. The van der Waals surface area contributed by atoms with Crippen molar-refractivity contribution < 1.29 is 33.4 Å². The fraction of sp³-hybridized carbons (Fsp3) is 0.444. The van der Waals surface area contributed by atoms with Gasteiger partial charge in [0, 0.05) is 25.3 Å². The van der Waals surface area contributed by atoms with Gasteiger partial charge in [0.25, 0.3) is 0 Å². The molecule has 46 heavy (non-hydrogen) atoms. The number of methoxy groups -OCH3 is 1. The Labute approximate surface area is 276 Å². The van der Waals surface area contributed by atoms with Crippen LogP contribution in [0, 0.1) is 17.3 Å². The maximum absolute atomic E-state index is 13.5. The highest BCUT2D eigenvalue weighted by molar-refractivity contribution is 6.32. The smallest absolute Gasteiger partial charge is 0.347 e. The Balaban J connectivity index is 1.93. The third-order valence-corrected chi connectivity index (χ3v) is 7.92. The van der Waals surface area contributed by atoms with Crippen molar-refractivity contribution in [2.75, 3.05) is 13.7 Å².